The number of methoxy groups -OCH3 is 1. The lowest BCUT2D eigenvalue weighted by Gasteiger charge is -2.06. The van der Waals surface area contributed by atoms with Crippen LogP contribution in [0.4, 0.5) is 0 Å². The van der Waals surface area contributed by atoms with E-state index < -0.39 is 5.97 Å². The van der Waals surface area contributed by atoms with Crippen molar-refractivity contribution in [3.8, 4) is 11.1 Å². The summed E-state index contributed by atoms with van der Waals surface area (Å²) in [4.78, 5) is 23.0. The van der Waals surface area contributed by atoms with Crippen LogP contribution >= 0.6 is 11.3 Å². The number of aromatic carboxylic acids is 1. The summed E-state index contributed by atoms with van der Waals surface area (Å²) in [5, 5.41) is 10.9. The van der Waals surface area contributed by atoms with Crippen molar-refractivity contribution in [1.29, 1.82) is 0 Å². The number of hydrogen-bond acceptors (Lipinski definition) is 4. The highest BCUT2D eigenvalue weighted by Gasteiger charge is 2.14. The molecule has 0 radical (unpaired) electrons. The first-order valence-electron chi connectivity index (χ1n) is 5.54. The highest BCUT2D eigenvalue weighted by atomic mass is 32.1. The van der Waals surface area contributed by atoms with Crippen LogP contribution < -0.4 is 0 Å². The van der Waals surface area contributed by atoms with Gasteiger partial charge in [-0.2, -0.15) is 0 Å². The van der Waals surface area contributed by atoms with Gasteiger partial charge >= 0.3 is 11.9 Å². The van der Waals surface area contributed by atoms with E-state index in [0.29, 0.717) is 10.4 Å². The van der Waals surface area contributed by atoms with Crippen molar-refractivity contribution in [1.82, 2.24) is 0 Å². The van der Waals surface area contributed by atoms with E-state index in [-0.39, 0.29) is 11.5 Å². The summed E-state index contributed by atoms with van der Waals surface area (Å²) in [6.45, 7) is 1.76. The zero-order valence-corrected chi connectivity index (χ0v) is 11.3. The van der Waals surface area contributed by atoms with Gasteiger partial charge in [0.2, 0.25) is 0 Å². The van der Waals surface area contributed by atoms with E-state index in [4.69, 9.17) is 5.11 Å². The average Bonchev–Trinajstić information content (AvgIpc) is 2.87. The van der Waals surface area contributed by atoms with Crippen LogP contribution in [0.2, 0.25) is 0 Å². The maximum Gasteiger partial charge on any atom is 0.348 e. The van der Waals surface area contributed by atoms with Crippen molar-refractivity contribution in [3.63, 3.8) is 0 Å². The Bertz CT molecular complexity index is 643. The number of hydrogen-bond donors (Lipinski definition) is 1. The minimum atomic E-state index is -0.956. The zero-order valence-electron chi connectivity index (χ0n) is 10.5. The van der Waals surface area contributed by atoms with Crippen LogP contribution in [0.15, 0.2) is 29.6 Å². The Kier molecular flexibility index (Phi) is 3.66. The van der Waals surface area contributed by atoms with Gasteiger partial charge < -0.3 is 9.84 Å². The molecule has 0 atom stereocenters. The molecule has 1 heterocycles. The molecule has 19 heavy (non-hydrogen) atoms. The van der Waals surface area contributed by atoms with Crippen LogP contribution in [0, 0.1) is 6.92 Å². The largest absolute Gasteiger partial charge is 0.478 e. The first-order chi connectivity index (χ1) is 9.04. The van der Waals surface area contributed by atoms with E-state index in [2.05, 4.69) is 4.74 Å². The van der Waals surface area contributed by atoms with Crippen LogP contribution in [0.25, 0.3) is 11.1 Å². The molecule has 2 rings (SSSR count). The minimum absolute atomic E-state index is 0.267. The van der Waals surface area contributed by atoms with Gasteiger partial charge in [-0.1, -0.05) is 12.1 Å². The van der Waals surface area contributed by atoms with Crippen molar-refractivity contribution >= 4 is 23.3 Å². The summed E-state index contributed by atoms with van der Waals surface area (Å²) in [6, 6.07) is 6.81. The molecule has 0 fully saturated rings. The van der Waals surface area contributed by atoms with E-state index in [1.54, 1.807) is 25.1 Å². The summed E-state index contributed by atoms with van der Waals surface area (Å²) in [5.74, 6) is -1.34. The van der Waals surface area contributed by atoms with Crippen LogP contribution in [-0.2, 0) is 4.74 Å². The SMILES string of the molecule is COC(=O)c1cc(-c2cccc(C(=O)O)c2C)cs1. The molecule has 98 valence electrons. The van der Waals surface area contributed by atoms with Gasteiger partial charge in [-0.15, -0.1) is 11.3 Å². The molecule has 0 aliphatic heterocycles. The van der Waals surface area contributed by atoms with Crippen molar-refractivity contribution in [2.24, 2.45) is 0 Å². The molecule has 0 aliphatic carbocycles. The summed E-state index contributed by atoms with van der Waals surface area (Å²) in [7, 11) is 1.33. The van der Waals surface area contributed by atoms with Gasteiger partial charge in [0.05, 0.1) is 12.7 Å². The molecule has 0 unspecified atom stereocenters. The lowest BCUT2D eigenvalue weighted by Crippen LogP contribution is -2.00. The highest BCUT2D eigenvalue weighted by molar-refractivity contribution is 7.12. The minimum Gasteiger partial charge on any atom is -0.478 e. The summed E-state index contributed by atoms with van der Waals surface area (Å²) in [5.41, 5.74) is 2.59. The quantitative estimate of drug-likeness (QED) is 0.874. The highest BCUT2D eigenvalue weighted by Crippen LogP contribution is 2.30. The van der Waals surface area contributed by atoms with Crippen molar-refractivity contribution in [2.45, 2.75) is 6.92 Å². The fourth-order valence-corrected chi connectivity index (χ4v) is 2.69. The zero-order chi connectivity index (χ0) is 14.0. The number of ether oxygens (including phenoxy) is 1. The molecule has 5 heteroatoms. The van der Waals surface area contributed by atoms with Gasteiger partial charge in [0, 0.05) is 0 Å². The Morgan fingerprint density at radius 3 is 2.68 bits per heavy atom. The molecule has 1 aromatic carbocycles. The number of benzene rings is 1. The summed E-state index contributed by atoms with van der Waals surface area (Å²) < 4.78 is 4.66. The molecule has 2 aromatic rings. The Labute approximate surface area is 114 Å². The molecule has 0 saturated carbocycles. The third-order valence-corrected chi connectivity index (χ3v) is 3.77. The van der Waals surface area contributed by atoms with Crippen LogP contribution in [0.3, 0.4) is 0 Å². The normalized spacial score (nSPS) is 10.2. The molecule has 0 amide bonds. The molecule has 0 bridgehead atoms. The molecule has 0 aliphatic rings. The van der Waals surface area contributed by atoms with E-state index in [0.717, 1.165) is 11.1 Å². The molecular weight excluding hydrogens is 264 g/mol. The summed E-state index contributed by atoms with van der Waals surface area (Å²) in [6.07, 6.45) is 0. The second-order valence-electron chi connectivity index (χ2n) is 3.97. The van der Waals surface area contributed by atoms with Crippen LogP contribution in [-0.4, -0.2) is 24.2 Å². The standard InChI is InChI=1S/C14H12O4S/c1-8-10(4-3-5-11(8)13(15)16)9-6-12(19-7-9)14(17)18-2/h3-7H,1-2H3,(H,15,16). The fourth-order valence-electron chi connectivity index (χ4n) is 1.87. The Balaban J connectivity index is 2.48. The Morgan fingerprint density at radius 1 is 1.32 bits per heavy atom. The van der Waals surface area contributed by atoms with E-state index in [1.165, 1.54) is 18.4 Å². The Morgan fingerprint density at radius 2 is 2.05 bits per heavy atom. The van der Waals surface area contributed by atoms with Gasteiger partial charge in [-0.05, 0) is 41.1 Å². The second kappa shape index (κ2) is 5.24. The lowest BCUT2D eigenvalue weighted by molar-refractivity contribution is 0.0605. The number of carboxylic acids is 1. The summed E-state index contributed by atoms with van der Waals surface area (Å²) >= 11 is 1.28. The van der Waals surface area contributed by atoms with E-state index in [9.17, 15) is 9.59 Å². The maximum absolute atomic E-state index is 11.4. The first-order valence-corrected chi connectivity index (χ1v) is 6.42. The number of esters is 1. The number of carboxylic acid groups (broad SMARTS) is 1. The number of carbonyl (C=O) groups is 2. The predicted octanol–water partition coefficient (Wildman–Crippen LogP) is 3.21. The molecule has 1 N–H and O–H groups in total. The van der Waals surface area contributed by atoms with Crippen molar-refractivity contribution in [3.05, 3.63) is 45.6 Å². The Hall–Kier alpha value is -2.14. The van der Waals surface area contributed by atoms with Gasteiger partial charge in [0.15, 0.2) is 0 Å². The first kappa shape index (κ1) is 13.3. The second-order valence-corrected chi connectivity index (χ2v) is 4.89. The van der Waals surface area contributed by atoms with Crippen LogP contribution in [0.1, 0.15) is 25.6 Å². The number of thiophene rings is 1. The molecule has 4 nitrogen and oxygen atoms in total. The number of rotatable bonds is 3. The van der Waals surface area contributed by atoms with E-state index >= 15 is 0 Å². The number of carbonyl (C=O) groups excluding carboxylic acids is 1. The average molecular weight is 276 g/mol. The fraction of sp³-hybridized carbons (Fsp3) is 0.143. The monoisotopic (exact) mass is 276 g/mol. The molecular formula is C14H12O4S. The van der Waals surface area contributed by atoms with Crippen LogP contribution in [0.5, 0.6) is 0 Å². The molecule has 0 spiro atoms. The molecule has 1 aromatic heterocycles. The van der Waals surface area contributed by atoms with Gasteiger partial charge in [0.25, 0.3) is 0 Å². The molecule has 0 saturated heterocycles. The topological polar surface area (TPSA) is 63.6 Å². The maximum atomic E-state index is 11.4. The predicted molar refractivity (Wildman–Crippen MR) is 72.8 cm³/mol. The van der Waals surface area contributed by atoms with Crippen molar-refractivity contribution < 1.29 is 19.4 Å². The smallest absolute Gasteiger partial charge is 0.348 e. The third-order valence-electron chi connectivity index (χ3n) is 2.86. The van der Waals surface area contributed by atoms with Gasteiger partial charge in [0.1, 0.15) is 4.88 Å². The lowest BCUT2D eigenvalue weighted by atomic mass is 9.98. The third kappa shape index (κ3) is 2.51. The van der Waals surface area contributed by atoms with E-state index in [1.807, 2.05) is 11.4 Å². The van der Waals surface area contributed by atoms with Gasteiger partial charge in [-0.25, -0.2) is 9.59 Å². The van der Waals surface area contributed by atoms with Gasteiger partial charge in [-0.3, -0.25) is 0 Å². The van der Waals surface area contributed by atoms with Crippen molar-refractivity contribution in [2.75, 3.05) is 7.11 Å².